The number of hydrogen-bond donors (Lipinski definition) is 1. The van der Waals surface area contributed by atoms with E-state index in [-0.39, 0.29) is 23.6 Å². The van der Waals surface area contributed by atoms with Gasteiger partial charge in [0.1, 0.15) is 5.69 Å². The summed E-state index contributed by atoms with van der Waals surface area (Å²) in [5.74, 6) is -0.265. The SMILES string of the molecule is O=C(N[C@H]1CC(=O)N(CCc2cccc(Cl)c2)C1)c1cnccn1. The first-order chi connectivity index (χ1) is 11.6. The molecular weight excluding hydrogens is 328 g/mol. The summed E-state index contributed by atoms with van der Waals surface area (Å²) in [6.45, 7) is 1.11. The molecule has 1 aliphatic rings. The van der Waals surface area contributed by atoms with E-state index in [0.717, 1.165) is 12.0 Å². The zero-order valence-electron chi connectivity index (χ0n) is 13.0. The van der Waals surface area contributed by atoms with E-state index in [2.05, 4.69) is 15.3 Å². The van der Waals surface area contributed by atoms with Crippen molar-refractivity contribution >= 4 is 23.4 Å². The maximum absolute atomic E-state index is 12.1. The molecule has 0 unspecified atom stereocenters. The minimum Gasteiger partial charge on any atom is -0.346 e. The second kappa shape index (κ2) is 7.40. The molecule has 24 heavy (non-hydrogen) atoms. The van der Waals surface area contributed by atoms with Crippen LogP contribution in [0.4, 0.5) is 0 Å². The van der Waals surface area contributed by atoms with Crippen LogP contribution in [0.2, 0.25) is 5.02 Å². The molecule has 1 saturated heterocycles. The molecule has 124 valence electrons. The molecule has 2 aromatic rings. The number of likely N-dealkylation sites (tertiary alicyclic amines) is 1. The first-order valence-electron chi connectivity index (χ1n) is 7.71. The van der Waals surface area contributed by atoms with Crippen LogP contribution in [0.3, 0.4) is 0 Å². The second-order valence-corrected chi connectivity index (χ2v) is 6.12. The van der Waals surface area contributed by atoms with Crippen LogP contribution in [0, 0.1) is 0 Å². The number of aromatic nitrogens is 2. The van der Waals surface area contributed by atoms with Gasteiger partial charge in [-0.25, -0.2) is 4.98 Å². The van der Waals surface area contributed by atoms with E-state index in [9.17, 15) is 9.59 Å². The van der Waals surface area contributed by atoms with Crippen LogP contribution in [0.15, 0.2) is 42.9 Å². The third kappa shape index (κ3) is 4.08. The van der Waals surface area contributed by atoms with E-state index in [1.807, 2.05) is 24.3 Å². The minimum absolute atomic E-state index is 0.0430. The van der Waals surface area contributed by atoms with Crippen molar-refractivity contribution in [2.24, 2.45) is 0 Å². The fourth-order valence-electron chi connectivity index (χ4n) is 2.72. The van der Waals surface area contributed by atoms with Gasteiger partial charge in [0.25, 0.3) is 5.91 Å². The number of nitrogens with one attached hydrogen (secondary N) is 1. The Hall–Kier alpha value is -2.47. The Morgan fingerprint density at radius 3 is 3.00 bits per heavy atom. The van der Waals surface area contributed by atoms with Gasteiger partial charge in [0.05, 0.1) is 12.2 Å². The van der Waals surface area contributed by atoms with Crippen LogP contribution >= 0.6 is 11.6 Å². The first-order valence-corrected chi connectivity index (χ1v) is 8.09. The number of rotatable bonds is 5. The summed E-state index contributed by atoms with van der Waals surface area (Å²) in [6, 6.07) is 7.40. The van der Waals surface area contributed by atoms with Crippen LogP contribution in [0.25, 0.3) is 0 Å². The molecule has 0 saturated carbocycles. The Morgan fingerprint density at radius 2 is 2.25 bits per heavy atom. The molecule has 2 heterocycles. The Kier molecular flexibility index (Phi) is 5.05. The lowest BCUT2D eigenvalue weighted by Gasteiger charge is -2.17. The molecule has 0 spiro atoms. The van der Waals surface area contributed by atoms with Gasteiger partial charge in [0.2, 0.25) is 5.91 Å². The molecule has 1 N–H and O–H groups in total. The molecular formula is C17H17ClN4O2. The average Bonchev–Trinajstić information content (AvgIpc) is 2.93. The van der Waals surface area contributed by atoms with Gasteiger partial charge in [0, 0.05) is 36.9 Å². The topological polar surface area (TPSA) is 75.2 Å². The fourth-order valence-corrected chi connectivity index (χ4v) is 2.93. The second-order valence-electron chi connectivity index (χ2n) is 5.68. The highest BCUT2D eigenvalue weighted by molar-refractivity contribution is 6.30. The van der Waals surface area contributed by atoms with E-state index in [1.165, 1.54) is 18.6 Å². The number of carbonyl (C=O) groups excluding carboxylic acids is 2. The molecule has 0 radical (unpaired) electrons. The van der Waals surface area contributed by atoms with Crippen molar-refractivity contribution in [3.05, 3.63) is 59.1 Å². The molecule has 1 aliphatic heterocycles. The maximum atomic E-state index is 12.1. The summed E-state index contributed by atoms with van der Waals surface area (Å²) in [5.41, 5.74) is 1.34. The van der Waals surface area contributed by atoms with Crippen molar-refractivity contribution in [2.45, 2.75) is 18.9 Å². The smallest absolute Gasteiger partial charge is 0.271 e. The summed E-state index contributed by atoms with van der Waals surface area (Å²) in [6.07, 6.45) is 5.42. The lowest BCUT2D eigenvalue weighted by molar-refractivity contribution is -0.127. The molecule has 7 heteroatoms. The Morgan fingerprint density at radius 1 is 1.38 bits per heavy atom. The summed E-state index contributed by atoms with van der Waals surface area (Å²) in [5, 5.41) is 3.53. The standard InChI is InChI=1S/C17H17ClN4O2/c18-13-3-1-2-12(8-13)4-7-22-11-14(9-16(22)23)21-17(24)15-10-19-5-6-20-15/h1-3,5-6,8,10,14H,4,7,9,11H2,(H,21,24)/t14-/m0/s1. The van der Waals surface area contributed by atoms with E-state index in [4.69, 9.17) is 11.6 Å². The van der Waals surface area contributed by atoms with Crippen LogP contribution in [-0.4, -0.2) is 45.8 Å². The lowest BCUT2D eigenvalue weighted by Crippen LogP contribution is -2.37. The molecule has 6 nitrogen and oxygen atoms in total. The van der Waals surface area contributed by atoms with Gasteiger partial charge < -0.3 is 10.2 Å². The van der Waals surface area contributed by atoms with Crippen molar-refractivity contribution < 1.29 is 9.59 Å². The van der Waals surface area contributed by atoms with Gasteiger partial charge in [-0.05, 0) is 24.1 Å². The third-order valence-electron chi connectivity index (χ3n) is 3.90. The quantitative estimate of drug-likeness (QED) is 0.895. The largest absolute Gasteiger partial charge is 0.346 e. The van der Waals surface area contributed by atoms with Gasteiger partial charge in [-0.3, -0.25) is 14.6 Å². The van der Waals surface area contributed by atoms with E-state index in [0.29, 0.717) is 24.5 Å². The summed E-state index contributed by atoms with van der Waals surface area (Å²) in [7, 11) is 0. The van der Waals surface area contributed by atoms with Crippen molar-refractivity contribution in [3.8, 4) is 0 Å². The number of nitrogens with zero attached hydrogens (tertiary/aromatic N) is 3. The predicted octanol–water partition coefficient (Wildman–Crippen LogP) is 1.70. The number of benzene rings is 1. The monoisotopic (exact) mass is 344 g/mol. The van der Waals surface area contributed by atoms with Crippen LogP contribution in [-0.2, 0) is 11.2 Å². The van der Waals surface area contributed by atoms with Crippen LogP contribution in [0.1, 0.15) is 22.5 Å². The van der Waals surface area contributed by atoms with Crippen molar-refractivity contribution in [2.75, 3.05) is 13.1 Å². The van der Waals surface area contributed by atoms with Crippen molar-refractivity contribution in [1.82, 2.24) is 20.2 Å². The summed E-state index contributed by atoms with van der Waals surface area (Å²) < 4.78 is 0. The van der Waals surface area contributed by atoms with E-state index < -0.39 is 0 Å². The normalized spacial score (nSPS) is 17.1. The highest BCUT2D eigenvalue weighted by Gasteiger charge is 2.30. The summed E-state index contributed by atoms with van der Waals surface area (Å²) in [4.78, 5) is 33.8. The predicted molar refractivity (Wildman–Crippen MR) is 89.6 cm³/mol. The molecule has 2 amide bonds. The van der Waals surface area contributed by atoms with E-state index >= 15 is 0 Å². The highest BCUT2D eigenvalue weighted by atomic mass is 35.5. The van der Waals surface area contributed by atoms with Gasteiger partial charge >= 0.3 is 0 Å². The average molecular weight is 345 g/mol. The number of hydrogen-bond acceptors (Lipinski definition) is 4. The van der Waals surface area contributed by atoms with Crippen LogP contribution in [0.5, 0.6) is 0 Å². The van der Waals surface area contributed by atoms with Crippen molar-refractivity contribution in [1.29, 1.82) is 0 Å². The molecule has 1 aromatic carbocycles. The number of carbonyl (C=O) groups is 2. The molecule has 1 aromatic heterocycles. The zero-order valence-corrected chi connectivity index (χ0v) is 13.7. The summed E-state index contributed by atoms with van der Waals surface area (Å²) >= 11 is 5.97. The van der Waals surface area contributed by atoms with Gasteiger partial charge in [-0.2, -0.15) is 0 Å². The molecule has 1 fully saturated rings. The van der Waals surface area contributed by atoms with Gasteiger partial charge in [-0.1, -0.05) is 23.7 Å². The van der Waals surface area contributed by atoms with Crippen LogP contribution < -0.4 is 5.32 Å². The molecule has 0 aliphatic carbocycles. The number of halogens is 1. The zero-order chi connectivity index (χ0) is 16.9. The molecule has 0 bridgehead atoms. The lowest BCUT2D eigenvalue weighted by atomic mass is 10.1. The fraction of sp³-hybridized carbons (Fsp3) is 0.294. The van der Waals surface area contributed by atoms with Gasteiger partial charge in [0.15, 0.2) is 0 Å². The Labute approximate surface area is 144 Å². The van der Waals surface area contributed by atoms with E-state index in [1.54, 1.807) is 4.90 Å². The molecule has 1 atom stereocenters. The maximum Gasteiger partial charge on any atom is 0.271 e. The third-order valence-corrected chi connectivity index (χ3v) is 4.14. The van der Waals surface area contributed by atoms with Gasteiger partial charge in [-0.15, -0.1) is 0 Å². The Balaban J connectivity index is 1.53. The number of amides is 2. The Bertz CT molecular complexity index is 738. The first kappa shape index (κ1) is 16.4. The van der Waals surface area contributed by atoms with Crippen molar-refractivity contribution in [3.63, 3.8) is 0 Å². The molecule has 3 rings (SSSR count). The highest BCUT2D eigenvalue weighted by Crippen LogP contribution is 2.15. The minimum atomic E-state index is -0.308.